The molecule has 0 bridgehead atoms. The van der Waals surface area contributed by atoms with Gasteiger partial charge in [-0.1, -0.05) is 41.0 Å². The third-order valence-electron chi connectivity index (χ3n) is 8.31. The van der Waals surface area contributed by atoms with Crippen LogP contribution in [-0.2, 0) is 25.1 Å². The summed E-state index contributed by atoms with van der Waals surface area (Å²) in [6.45, 7) is 3.85. The second-order valence-electron chi connectivity index (χ2n) is 11.5. The maximum Gasteiger partial charge on any atom is 0.362 e. The van der Waals surface area contributed by atoms with E-state index in [1.165, 1.54) is 24.0 Å². The summed E-state index contributed by atoms with van der Waals surface area (Å²) in [4.78, 5) is 47.3. The highest BCUT2D eigenvalue weighted by Gasteiger charge is 2.40. The van der Waals surface area contributed by atoms with Crippen molar-refractivity contribution in [1.29, 1.82) is 5.26 Å². The first-order valence-corrected chi connectivity index (χ1v) is 16.8. The summed E-state index contributed by atoms with van der Waals surface area (Å²) < 4.78 is 28.3. The van der Waals surface area contributed by atoms with Gasteiger partial charge in [0.15, 0.2) is 0 Å². The predicted molar refractivity (Wildman–Crippen MR) is 178 cm³/mol. The molecule has 1 saturated carbocycles. The summed E-state index contributed by atoms with van der Waals surface area (Å²) in [5.41, 5.74) is 0.0261. The number of aliphatic hydroxyl groups excluding tert-OH is 1. The van der Waals surface area contributed by atoms with E-state index in [2.05, 4.69) is 0 Å². The number of hydrogen-bond donors (Lipinski definition) is 3. The van der Waals surface area contributed by atoms with Crippen LogP contribution in [0.3, 0.4) is 0 Å². The number of amides is 3. The Hall–Kier alpha value is -3.54. The molecule has 2 aromatic carbocycles. The number of hydrogen-bond acceptors (Lipinski definition) is 7. The van der Waals surface area contributed by atoms with Crippen LogP contribution < -0.4 is 10.5 Å². The third kappa shape index (κ3) is 6.95. The highest BCUT2D eigenvalue weighted by Crippen LogP contribution is 2.45. The first kappa shape index (κ1) is 35.8. The first-order valence-electron chi connectivity index (χ1n) is 14.8. The van der Waals surface area contributed by atoms with E-state index in [0.29, 0.717) is 41.0 Å². The van der Waals surface area contributed by atoms with E-state index in [-0.39, 0.29) is 50.7 Å². The molecular weight excluding hydrogens is 711 g/mol. The lowest BCUT2D eigenvalue weighted by molar-refractivity contribution is 0.0740. The number of phenolic OH excluding ortho intramolecular Hbond substituents is 1. The lowest BCUT2D eigenvalue weighted by Crippen LogP contribution is -2.50. The molecule has 3 amide bonds. The third-order valence-corrected chi connectivity index (χ3v) is 10.7. The zero-order valence-electron chi connectivity index (χ0n) is 25.7. The molecule has 2 aliphatic heterocycles. The fourth-order valence-corrected chi connectivity index (χ4v) is 7.61. The molecular formula is C32H30Cl3F2N5O5S. The van der Waals surface area contributed by atoms with Crippen LogP contribution in [0.2, 0.25) is 10.0 Å². The number of aromatic amines is 1. The number of carbonyl (C=O) groups is 2. The Bertz CT molecular complexity index is 1890. The number of H-pyrrole nitrogens is 1. The van der Waals surface area contributed by atoms with Crippen LogP contribution in [0.15, 0.2) is 38.9 Å². The highest BCUT2D eigenvalue weighted by atomic mass is 35.5. The lowest BCUT2D eigenvalue weighted by Gasteiger charge is -2.36. The average molecular weight is 741 g/mol. The van der Waals surface area contributed by atoms with Gasteiger partial charge >= 0.3 is 11.4 Å². The van der Waals surface area contributed by atoms with E-state index < -0.39 is 34.7 Å². The number of nitriles is 1. The van der Waals surface area contributed by atoms with Crippen molar-refractivity contribution in [3.8, 4) is 11.8 Å². The number of nitrogens with one attached hydrogen (secondary N) is 1. The van der Waals surface area contributed by atoms with Crippen LogP contribution in [0.25, 0.3) is 0 Å². The number of nitrogens with zero attached hydrogens (tertiary/aromatic N) is 4. The fraction of sp³-hybridized carbons (Fsp3) is 0.375. The molecule has 2 fully saturated rings. The predicted octanol–water partition coefficient (Wildman–Crippen LogP) is 7.11. The number of halogens is 5. The Morgan fingerprint density at radius 1 is 1.19 bits per heavy atom. The second kappa shape index (κ2) is 14.1. The minimum Gasteiger partial charge on any atom is -0.505 e. The summed E-state index contributed by atoms with van der Waals surface area (Å²) in [7, 11) is 0. The quantitative estimate of drug-likeness (QED) is 0.220. The van der Waals surface area contributed by atoms with Gasteiger partial charge in [-0.25, -0.2) is 4.79 Å². The van der Waals surface area contributed by atoms with Crippen LogP contribution >= 0.6 is 46.6 Å². The summed E-state index contributed by atoms with van der Waals surface area (Å²) in [5, 5.41) is 24.3. The van der Waals surface area contributed by atoms with Gasteiger partial charge in [-0.15, -0.1) is 0 Å². The van der Waals surface area contributed by atoms with Crippen molar-refractivity contribution in [2.45, 2.75) is 74.0 Å². The summed E-state index contributed by atoms with van der Waals surface area (Å²) in [5.74, 6) is -0.829. The highest BCUT2D eigenvalue weighted by molar-refractivity contribution is 7.99. The van der Waals surface area contributed by atoms with E-state index in [4.69, 9.17) is 40.1 Å². The van der Waals surface area contributed by atoms with Gasteiger partial charge in [0.2, 0.25) is 0 Å². The molecule has 16 heteroatoms. The molecule has 10 nitrogen and oxygen atoms in total. The number of anilines is 1. The van der Waals surface area contributed by atoms with Crippen LogP contribution in [0.1, 0.15) is 64.5 Å². The number of pyridine rings is 1. The number of benzene rings is 2. The summed E-state index contributed by atoms with van der Waals surface area (Å²) in [6.07, 6.45) is 2.67. The monoisotopic (exact) mass is 739 g/mol. The van der Waals surface area contributed by atoms with Crippen molar-refractivity contribution in [3.63, 3.8) is 0 Å². The number of aromatic nitrogens is 1. The number of fused-ring (bicyclic) bond motifs is 1. The minimum atomic E-state index is -3.95. The largest absolute Gasteiger partial charge is 0.505 e. The van der Waals surface area contributed by atoms with E-state index >= 15 is 0 Å². The van der Waals surface area contributed by atoms with Gasteiger partial charge in [0.25, 0.3) is 11.5 Å². The molecule has 254 valence electrons. The average Bonchev–Trinajstić information content (AvgIpc) is 3.78. The molecule has 3 N–H and O–H groups in total. The lowest BCUT2D eigenvalue weighted by atomic mass is 10.0. The number of carbonyl (C=O) groups excluding carboxylic acids is 2. The van der Waals surface area contributed by atoms with Crippen LogP contribution in [0, 0.1) is 18.3 Å². The van der Waals surface area contributed by atoms with E-state index in [1.54, 1.807) is 24.0 Å². The first-order chi connectivity index (χ1) is 22.7. The molecule has 1 aromatic heterocycles. The summed E-state index contributed by atoms with van der Waals surface area (Å²) >= 11 is 18.7. The van der Waals surface area contributed by atoms with Gasteiger partial charge in [0.1, 0.15) is 17.0 Å². The van der Waals surface area contributed by atoms with Crippen molar-refractivity contribution >= 4 is 64.2 Å². The van der Waals surface area contributed by atoms with E-state index in [9.17, 15) is 33.4 Å². The van der Waals surface area contributed by atoms with E-state index in [0.717, 1.165) is 37.1 Å². The van der Waals surface area contributed by atoms with Gasteiger partial charge < -0.3 is 25.0 Å². The Morgan fingerprint density at radius 3 is 2.50 bits per heavy atom. The molecule has 3 aliphatic rings. The van der Waals surface area contributed by atoms with Gasteiger partial charge in [-0.3, -0.25) is 14.5 Å². The molecule has 0 spiro atoms. The molecule has 0 radical (unpaired) electrons. The smallest absolute Gasteiger partial charge is 0.362 e. The Labute approximate surface area is 293 Å². The van der Waals surface area contributed by atoms with Crippen LogP contribution in [0.4, 0.5) is 19.3 Å². The number of alkyl halides is 3. The van der Waals surface area contributed by atoms with Crippen LogP contribution in [-0.4, -0.2) is 56.1 Å². The molecule has 6 rings (SSSR count). The molecule has 0 unspecified atom stereocenters. The van der Waals surface area contributed by atoms with E-state index in [1.807, 2.05) is 9.88 Å². The Kier molecular flexibility index (Phi) is 10.5. The molecule has 3 aromatic rings. The minimum absolute atomic E-state index is 0.0223. The number of rotatable bonds is 7. The number of phenols is 1. The van der Waals surface area contributed by atoms with Gasteiger partial charge in [-0.05, 0) is 78.2 Å². The zero-order chi connectivity index (χ0) is 35.1. The maximum absolute atomic E-state index is 14.2. The number of aromatic hydroxyl groups is 1. The normalized spacial score (nSPS) is 16.0. The molecule has 1 aliphatic carbocycles. The SMILES string of the molecule is CC#N.Cc1c(O)c(N2CCCN(C3CC3)C2=O)cc2c1CN(C(=O)c1c(Sc3c(Cl)ccc(CO)c3Cl)cc(C(F)(F)Cl)[nH]c1=O)C2. The second-order valence-corrected chi connectivity index (χ2v) is 13.8. The van der Waals surface area contributed by atoms with Gasteiger partial charge in [0, 0.05) is 48.9 Å². The van der Waals surface area contributed by atoms with Crippen molar-refractivity contribution in [3.05, 3.63) is 78.2 Å². The Balaban J connectivity index is 0.00000145. The van der Waals surface area contributed by atoms with Gasteiger partial charge in [0.05, 0.1) is 28.4 Å². The number of aliphatic hydroxyl groups is 1. The molecule has 0 atom stereocenters. The topological polar surface area (TPSA) is 141 Å². The van der Waals surface area contributed by atoms with Crippen molar-refractivity contribution < 1.29 is 28.6 Å². The fourth-order valence-electron chi connectivity index (χ4n) is 5.78. The molecule has 1 saturated heterocycles. The molecule has 48 heavy (non-hydrogen) atoms. The maximum atomic E-state index is 14.2. The van der Waals surface area contributed by atoms with Crippen LogP contribution in [0.5, 0.6) is 5.75 Å². The number of urea groups is 1. The summed E-state index contributed by atoms with van der Waals surface area (Å²) in [6, 6.07) is 7.33. The Morgan fingerprint density at radius 2 is 1.88 bits per heavy atom. The molecule has 3 heterocycles. The van der Waals surface area contributed by atoms with Crippen molar-refractivity contribution in [2.75, 3.05) is 18.0 Å². The van der Waals surface area contributed by atoms with Gasteiger partial charge in [-0.2, -0.15) is 14.0 Å². The van der Waals surface area contributed by atoms with Crippen molar-refractivity contribution in [1.82, 2.24) is 14.8 Å². The van der Waals surface area contributed by atoms with Crippen molar-refractivity contribution in [2.24, 2.45) is 0 Å². The standard InChI is InChI=1S/C30H27Cl3F2N4O5S.C2H3N/c1-14-18-12-37(11-16(18)9-20(25(14)41)39-8-2-7-38(29(39)44)17-4-5-17)28(43)23-21(10-22(30(33,34)35)36-27(23)42)45-26-19(31)6-3-15(13-40)24(26)32;1-2-3/h3,6,9-10,17,40-41H,2,4-5,7-8,11-13H2,1H3,(H,36,42);1H3. The zero-order valence-corrected chi connectivity index (χ0v) is 28.8.